The normalized spacial score (nSPS) is 11.2. The van der Waals surface area contributed by atoms with Crippen molar-refractivity contribution in [2.45, 2.75) is 9.79 Å². The first kappa shape index (κ1) is 40.5. The fraction of sp³-hybridized carbons (Fsp3) is 0. The first-order chi connectivity index (χ1) is 25.1. The molecular formula is C34H23BrCl4N4O6S4. The molecule has 0 aliphatic rings. The lowest BCUT2D eigenvalue weighted by atomic mass is 10.3. The molecule has 2 aromatic heterocycles. The highest BCUT2D eigenvalue weighted by atomic mass is 79.9. The molecule has 0 atom stereocenters. The average molecular weight is 934 g/mol. The molecule has 0 radical (unpaired) electrons. The molecule has 0 saturated carbocycles. The monoisotopic (exact) mass is 930 g/mol. The van der Waals surface area contributed by atoms with E-state index in [0.29, 0.717) is 25.9 Å². The van der Waals surface area contributed by atoms with Crippen LogP contribution in [0.2, 0.25) is 20.1 Å². The van der Waals surface area contributed by atoms with Crippen molar-refractivity contribution >= 4 is 140 Å². The van der Waals surface area contributed by atoms with Crippen LogP contribution in [0.1, 0.15) is 19.3 Å². The Morgan fingerprint density at radius 3 is 1.49 bits per heavy atom. The van der Waals surface area contributed by atoms with Gasteiger partial charge >= 0.3 is 0 Å². The molecule has 2 heterocycles. The molecular weight excluding hydrogens is 910 g/mol. The quantitative estimate of drug-likeness (QED) is 0.107. The zero-order valence-corrected chi connectivity index (χ0v) is 34.3. The highest BCUT2D eigenvalue weighted by Gasteiger charge is 2.25. The van der Waals surface area contributed by atoms with E-state index in [2.05, 4.69) is 36.0 Å². The molecule has 2 amide bonds. The maximum Gasteiger partial charge on any atom is 0.267 e. The number of thiophene rings is 2. The van der Waals surface area contributed by atoms with E-state index in [-0.39, 0.29) is 41.0 Å². The zero-order chi connectivity index (χ0) is 38.3. The minimum atomic E-state index is -4.09. The second-order valence-corrected chi connectivity index (χ2v) is 18.1. The summed E-state index contributed by atoms with van der Waals surface area (Å²) in [5.41, 5.74) is 1.35. The zero-order valence-electron chi connectivity index (χ0n) is 26.4. The van der Waals surface area contributed by atoms with Gasteiger partial charge in [0.15, 0.2) is 0 Å². The molecule has 274 valence electrons. The summed E-state index contributed by atoms with van der Waals surface area (Å²) < 4.78 is 55.9. The van der Waals surface area contributed by atoms with Crippen LogP contribution in [0.4, 0.5) is 22.7 Å². The third-order valence-electron chi connectivity index (χ3n) is 6.71. The van der Waals surface area contributed by atoms with Crippen LogP contribution in [0, 0.1) is 0 Å². The summed E-state index contributed by atoms with van der Waals surface area (Å²) in [7, 11) is -7.93. The Bertz CT molecular complexity index is 2510. The molecule has 6 aromatic rings. The largest absolute Gasteiger partial charge is 0.321 e. The number of anilines is 4. The van der Waals surface area contributed by atoms with Crippen LogP contribution >= 0.6 is 85.0 Å². The van der Waals surface area contributed by atoms with Gasteiger partial charge in [0.05, 0.1) is 21.4 Å². The third kappa shape index (κ3) is 10.5. The number of benzene rings is 4. The summed E-state index contributed by atoms with van der Waals surface area (Å²) in [5.74, 6) is -0.901. The fourth-order valence-corrected chi connectivity index (χ4v) is 10.7. The lowest BCUT2D eigenvalue weighted by Crippen LogP contribution is -2.17. The predicted octanol–water partition coefficient (Wildman–Crippen LogP) is 11.0. The molecule has 19 heteroatoms. The van der Waals surface area contributed by atoms with E-state index in [9.17, 15) is 26.4 Å². The molecule has 53 heavy (non-hydrogen) atoms. The maximum absolute atomic E-state index is 12.7. The summed E-state index contributed by atoms with van der Waals surface area (Å²) >= 11 is 29.2. The Labute approximate surface area is 341 Å². The predicted molar refractivity (Wildman–Crippen MR) is 220 cm³/mol. The van der Waals surface area contributed by atoms with Crippen molar-refractivity contribution < 1.29 is 26.4 Å². The highest BCUT2D eigenvalue weighted by molar-refractivity contribution is 9.10. The summed E-state index contributed by atoms with van der Waals surface area (Å²) in [5, 5.41) is 9.54. The fourth-order valence-electron chi connectivity index (χ4n) is 4.44. The number of nitrogens with one attached hydrogen (secondary N) is 4. The van der Waals surface area contributed by atoms with Crippen LogP contribution in [-0.2, 0) is 20.0 Å². The van der Waals surface area contributed by atoms with Crippen LogP contribution in [0.25, 0.3) is 0 Å². The first-order valence-electron chi connectivity index (χ1n) is 14.7. The number of hydrogen-bond acceptors (Lipinski definition) is 8. The number of amides is 2. The summed E-state index contributed by atoms with van der Waals surface area (Å²) in [4.78, 5) is 25.3. The Balaban J connectivity index is 0.000000204. The average Bonchev–Trinajstić information content (AvgIpc) is 3.74. The summed E-state index contributed by atoms with van der Waals surface area (Å²) in [6.07, 6.45) is 0. The number of sulfonamides is 2. The van der Waals surface area contributed by atoms with Crippen molar-refractivity contribution in [1.82, 2.24) is 0 Å². The van der Waals surface area contributed by atoms with E-state index in [4.69, 9.17) is 46.4 Å². The second kappa shape index (κ2) is 17.7. The third-order valence-corrected chi connectivity index (χ3v) is 13.7. The highest BCUT2D eigenvalue weighted by Crippen LogP contribution is 2.33. The van der Waals surface area contributed by atoms with Crippen LogP contribution < -0.4 is 20.1 Å². The molecule has 0 fully saturated rings. The van der Waals surface area contributed by atoms with Crippen molar-refractivity contribution in [1.29, 1.82) is 0 Å². The Kier molecular flexibility index (Phi) is 13.5. The van der Waals surface area contributed by atoms with Crippen LogP contribution in [0.5, 0.6) is 0 Å². The van der Waals surface area contributed by atoms with E-state index in [0.717, 1.165) is 22.7 Å². The maximum atomic E-state index is 12.7. The van der Waals surface area contributed by atoms with Gasteiger partial charge in [-0.15, -0.1) is 22.7 Å². The van der Waals surface area contributed by atoms with Gasteiger partial charge < -0.3 is 10.6 Å². The number of carbonyl (C=O) groups is 2. The molecule has 6 rings (SSSR count). The van der Waals surface area contributed by atoms with Crippen molar-refractivity contribution in [3.05, 3.63) is 148 Å². The van der Waals surface area contributed by atoms with E-state index in [1.54, 1.807) is 83.6 Å². The first-order valence-corrected chi connectivity index (χ1v) is 21.7. The molecule has 0 saturated heterocycles. The molecule has 4 aromatic carbocycles. The Morgan fingerprint density at radius 2 is 1.02 bits per heavy atom. The van der Waals surface area contributed by atoms with E-state index in [1.165, 1.54) is 30.3 Å². The molecule has 0 spiro atoms. The SMILES string of the molecule is O=C(Nc1cccc(Cl)c1)c1sccc1NS(=O)(=O)c1c(Cl)cccc1Cl.O=C(Nc1cccc(Cl)c1)c1sccc1NS(=O)(=O)c1ccccc1Br. The van der Waals surface area contributed by atoms with Gasteiger partial charge in [0.25, 0.3) is 31.9 Å². The van der Waals surface area contributed by atoms with Gasteiger partial charge in [0.1, 0.15) is 19.5 Å². The second-order valence-electron chi connectivity index (χ2n) is 10.4. The van der Waals surface area contributed by atoms with Crippen LogP contribution in [0.15, 0.2) is 128 Å². The lowest BCUT2D eigenvalue weighted by molar-refractivity contribution is 0.102. The molecule has 0 aliphatic carbocycles. The number of halogens is 5. The minimum Gasteiger partial charge on any atom is -0.321 e. The molecule has 4 N–H and O–H groups in total. The minimum absolute atomic E-state index is 0.0184. The molecule has 0 unspecified atom stereocenters. The Hall–Kier alpha value is -3.64. The van der Waals surface area contributed by atoms with E-state index in [1.807, 2.05) is 0 Å². The van der Waals surface area contributed by atoms with Gasteiger partial charge in [0, 0.05) is 25.9 Å². The molecule has 10 nitrogen and oxygen atoms in total. The van der Waals surface area contributed by atoms with Gasteiger partial charge in [-0.2, -0.15) is 0 Å². The van der Waals surface area contributed by atoms with Gasteiger partial charge in [-0.3, -0.25) is 19.0 Å². The molecule has 0 bridgehead atoms. The lowest BCUT2D eigenvalue weighted by Gasteiger charge is -2.11. The van der Waals surface area contributed by atoms with Gasteiger partial charge in [-0.25, -0.2) is 16.8 Å². The van der Waals surface area contributed by atoms with Crippen LogP contribution in [0.3, 0.4) is 0 Å². The topological polar surface area (TPSA) is 151 Å². The van der Waals surface area contributed by atoms with E-state index >= 15 is 0 Å². The smallest absolute Gasteiger partial charge is 0.267 e. The van der Waals surface area contributed by atoms with Crippen molar-refractivity contribution in [2.24, 2.45) is 0 Å². The summed E-state index contributed by atoms with van der Waals surface area (Å²) in [6, 6.07) is 27.2. The van der Waals surface area contributed by atoms with E-state index < -0.39 is 31.9 Å². The van der Waals surface area contributed by atoms with Gasteiger partial charge in [-0.05, 0) is 99.5 Å². The standard InChI is InChI=1S/C17H12BrClN2O3S2.C17H11Cl3N2O3S2/c18-13-6-1-2-7-15(13)26(23,24)21-14-8-9-25-16(14)17(22)20-12-5-3-4-11(19)10-12;18-10-3-1-4-11(9-10)21-17(23)15-14(7-8-26-15)22-27(24,25)16-12(19)5-2-6-13(16)20/h1-10,21H,(H,20,22);1-9,22H,(H,21,23). The number of rotatable bonds is 10. The number of hydrogen-bond donors (Lipinski definition) is 4. The van der Waals surface area contributed by atoms with Crippen LogP contribution in [-0.4, -0.2) is 28.6 Å². The summed E-state index contributed by atoms with van der Waals surface area (Å²) in [6.45, 7) is 0. The van der Waals surface area contributed by atoms with Gasteiger partial charge in [0.2, 0.25) is 0 Å². The Morgan fingerprint density at radius 1 is 0.566 bits per heavy atom. The van der Waals surface area contributed by atoms with Crippen molar-refractivity contribution in [3.63, 3.8) is 0 Å². The van der Waals surface area contributed by atoms with Gasteiger partial charge in [-0.1, -0.05) is 76.7 Å². The number of carbonyl (C=O) groups excluding carboxylic acids is 2. The van der Waals surface area contributed by atoms with Crippen molar-refractivity contribution in [3.8, 4) is 0 Å². The molecule has 0 aliphatic heterocycles. The van der Waals surface area contributed by atoms with Crippen molar-refractivity contribution in [2.75, 3.05) is 20.1 Å².